The number of anilines is 1. The summed E-state index contributed by atoms with van der Waals surface area (Å²) in [5, 5.41) is 2.43. The molecule has 5 rings (SSSR count). The van der Waals surface area contributed by atoms with Gasteiger partial charge in [-0.1, -0.05) is 48.0 Å². The molecule has 188 valence electrons. The van der Waals surface area contributed by atoms with Crippen molar-refractivity contribution < 1.29 is 14.3 Å². The topological polar surface area (TPSA) is 51.1 Å². The summed E-state index contributed by atoms with van der Waals surface area (Å²) in [6.07, 6.45) is 0. The molecule has 0 radical (unpaired) electrons. The predicted octanol–water partition coefficient (Wildman–Crippen LogP) is 7.94. The highest BCUT2D eigenvalue weighted by atomic mass is 35.5. The van der Waals surface area contributed by atoms with E-state index in [4.69, 9.17) is 26.1 Å². The Morgan fingerprint density at radius 3 is 1.97 bits per heavy atom. The first-order valence-electron chi connectivity index (χ1n) is 12.0. The SMILES string of the molecule is COc1ccc(N=C(c2ccc(Cl)cc2)N(C(=O)c2cccc3ccccc23)c2ccc(OC)cc2)cc1. The van der Waals surface area contributed by atoms with Gasteiger partial charge in [0, 0.05) is 16.1 Å². The summed E-state index contributed by atoms with van der Waals surface area (Å²) in [4.78, 5) is 21.1. The zero-order valence-electron chi connectivity index (χ0n) is 21.0. The van der Waals surface area contributed by atoms with Gasteiger partial charge in [-0.25, -0.2) is 4.99 Å². The molecule has 0 spiro atoms. The maximum absolute atomic E-state index is 14.5. The third-order valence-electron chi connectivity index (χ3n) is 6.18. The molecule has 5 nitrogen and oxygen atoms in total. The number of methoxy groups -OCH3 is 2. The first-order valence-corrected chi connectivity index (χ1v) is 12.4. The number of nitrogens with zero attached hydrogens (tertiary/aromatic N) is 2. The van der Waals surface area contributed by atoms with E-state index in [0.717, 1.165) is 22.1 Å². The van der Waals surface area contributed by atoms with Gasteiger partial charge in [-0.15, -0.1) is 0 Å². The molecule has 0 aliphatic heterocycles. The van der Waals surface area contributed by atoms with Crippen LogP contribution in [0.1, 0.15) is 15.9 Å². The molecule has 0 aliphatic rings. The van der Waals surface area contributed by atoms with Crippen molar-refractivity contribution in [3.63, 3.8) is 0 Å². The summed E-state index contributed by atoms with van der Waals surface area (Å²) in [6, 6.07) is 35.6. The van der Waals surface area contributed by atoms with Crippen molar-refractivity contribution >= 4 is 45.5 Å². The Morgan fingerprint density at radius 2 is 1.32 bits per heavy atom. The number of hydrogen-bond acceptors (Lipinski definition) is 4. The summed E-state index contributed by atoms with van der Waals surface area (Å²) in [5.41, 5.74) is 2.61. The van der Waals surface area contributed by atoms with Crippen molar-refractivity contribution in [3.05, 3.63) is 131 Å². The Kier molecular flexibility index (Phi) is 7.38. The van der Waals surface area contributed by atoms with Crippen LogP contribution in [0.15, 0.2) is 120 Å². The monoisotopic (exact) mass is 520 g/mol. The summed E-state index contributed by atoms with van der Waals surface area (Å²) in [6.45, 7) is 0. The average molecular weight is 521 g/mol. The maximum atomic E-state index is 14.5. The van der Waals surface area contributed by atoms with Crippen LogP contribution in [0.2, 0.25) is 5.02 Å². The van der Waals surface area contributed by atoms with E-state index in [2.05, 4.69) is 0 Å². The highest BCUT2D eigenvalue weighted by Gasteiger charge is 2.26. The number of carbonyl (C=O) groups excluding carboxylic acids is 1. The minimum Gasteiger partial charge on any atom is -0.497 e. The van der Waals surface area contributed by atoms with Crippen LogP contribution >= 0.6 is 11.6 Å². The van der Waals surface area contributed by atoms with Crippen LogP contribution in [0, 0.1) is 0 Å². The fraction of sp³-hybridized carbons (Fsp3) is 0.0625. The largest absolute Gasteiger partial charge is 0.497 e. The van der Waals surface area contributed by atoms with Gasteiger partial charge in [0.25, 0.3) is 5.91 Å². The van der Waals surface area contributed by atoms with Gasteiger partial charge in [0.15, 0.2) is 0 Å². The van der Waals surface area contributed by atoms with Crippen molar-refractivity contribution in [1.29, 1.82) is 0 Å². The number of amidine groups is 1. The lowest BCUT2D eigenvalue weighted by Crippen LogP contribution is -2.37. The number of fused-ring (bicyclic) bond motifs is 1. The zero-order valence-corrected chi connectivity index (χ0v) is 21.7. The third kappa shape index (κ3) is 5.24. The summed E-state index contributed by atoms with van der Waals surface area (Å²) >= 11 is 6.22. The molecule has 0 heterocycles. The molecule has 0 atom stereocenters. The predicted molar refractivity (Wildman–Crippen MR) is 154 cm³/mol. The first kappa shape index (κ1) is 25.1. The molecule has 0 N–H and O–H groups in total. The van der Waals surface area contributed by atoms with Crippen LogP contribution in [-0.4, -0.2) is 26.0 Å². The second kappa shape index (κ2) is 11.2. The lowest BCUT2D eigenvalue weighted by Gasteiger charge is -2.26. The quantitative estimate of drug-likeness (QED) is 0.169. The Bertz CT molecular complexity index is 1590. The minimum atomic E-state index is -0.214. The molecule has 0 aromatic heterocycles. The van der Waals surface area contributed by atoms with Crippen LogP contribution in [0.5, 0.6) is 11.5 Å². The first-order chi connectivity index (χ1) is 18.6. The van der Waals surface area contributed by atoms with E-state index in [-0.39, 0.29) is 5.91 Å². The molecule has 6 heteroatoms. The Morgan fingerprint density at radius 1 is 0.711 bits per heavy atom. The maximum Gasteiger partial charge on any atom is 0.264 e. The summed E-state index contributed by atoms with van der Waals surface area (Å²) < 4.78 is 10.7. The number of aliphatic imine (C=N–C) groups is 1. The van der Waals surface area contributed by atoms with Gasteiger partial charge >= 0.3 is 0 Å². The van der Waals surface area contributed by atoms with E-state index in [9.17, 15) is 4.79 Å². The number of ether oxygens (including phenoxy) is 2. The Labute approximate surface area is 226 Å². The van der Waals surface area contributed by atoms with Crippen LogP contribution in [0.3, 0.4) is 0 Å². The van der Waals surface area contributed by atoms with Gasteiger partial charge in [0.1, 0.15) is 17.3 Å². The molecule has 0 unspecified atom stereocenters. The Hall–Kier alpha value is -4.61. The zero-order chi connectivity index (χ0) is 26.5. The molecule has 5 aromatic carbocycles. The molecule has 0 aliphatic carbocycles. The smallest absolute Gasteiger partial charge is 0.264 e. The number of benzene rings is 5. The number of halogens is 1. The lowest BCUT2D eigenvalue weighted by atomic mass is 10.0. The van der Waals surface area contributed by atoms with Crippen LogP contribution in [0.25, 0.3) is 10.8 Å². The minimum absolute atomic E-state index is 0.214. The van der Waals surface area contributed by atoms with E-state index in [1.807, 2.05) is 103 Å². The number of amides is 1. The lowest BCUT2D eigenvalue weighted by molar-refractivity contribution is 0.100. The molecule has 0 saturated heterocycles. The molecule has 38 heavy (non-hydrogen) atoms. The van der Waals surface area contributed by atoms with Crippen LogP contribution in [0.4, 0.5) is 11.4 Å². The van der Waals surface area contributed by atoms with Crippen LogP contribution < -0.4 is 14.4 Å². The van der Waals surface area contributed by atoms with E-state index in [0.29, 0.717) is 33.5 Å². The van der Waals surface area contributed by atoms with Gasteiger partial charge < -0.3 is 9.47 Å². The van der Waals surface area contributed by atoms with Crippen molar-refractivity contribution in [1.82, 2.24) is 0 Å². The standard InChI is InChI=1S/C32H25ClN2O3/c1-37-27-18-14-25(15-19-27)34-31(23-10-12-24(33)13-11-23)35(26-16-20-28(38-2)21-17-26)32(36)30-9-5-7-22-6-3-4-8-29(22)30/h3-21H,1-2H3. The van der Waals surface area contributed by atoms with E-state index in [1.165, 1.54) is 0 Å². The van der Waals surface area contributed by atoms with Crippen molar-refractivity contribution in [2.75, 3.05) is 19.1 Å². The molecular formula is C32H25ClN2O3. The summed E-state index contributed by atoms with van der Waals surface area (Å²) in [7, 11) is 3.23. The normalized spacial score (nSPS) is 11.3. The van der Waals surface area contributed by atoms with E-state index in [1.54, 1.807) is 31.3 Å². The van der Waals surface area contributed by atoms with Crippen molar-refractivity contribution in [2.45, 2.75) is 0 Å². The van der Waals surface area contributed by atoms with Crippen LogP contribution in [-0.2, 0) is 0 Å². The molecule has 0 saturated carbocycles. The van der Waals surface area contributed by atoms with Crippen molar-refractivity contribution in [2.24, 2.45) is 4.99 Å². The van der Waals surface area contributed by atoms with Gasteiger partial charge in [-0.05, 0) is 89.6 Å². The van der Waals surface area contributed by atoms with Gasteiger partial charge in [0.05, 0.1) is 25.6 Å². The highest BCUT2D eigenvalue weighted by molar-refractivity contribution is 6.32. The number of rotatable bonds is 6. The highest BCUT2D eigenvalue weighted by Crippen LogP contribution is 2.29. The third-order valence-corrected chi connectivity index (χ3v) is 6.43. The summed E-state index contributed by atoms with van der Waals surface area (Å²) in [5.74, 6) is 1.64. The molecule has 1 amide bonds. The fourth-order valence-corrected chi connectivity index (χ4v) is 4.35. The Balaban J connectivity index is 1.74. The number of hydrogen-bond donors (Lipinski definition) is 0. The molecule has 5 aromatic rings. The van der Waals surface area contributed by atoms with Gasteiger partial charge in [-0.2, -0.15) is 0 Å². The van der Waals surface area contributed by atoms with Gasteiger partial charge in [-0.3, -0.25) is 9.69 Å². The van der Waals surface area contributed by atoms with Gasteiger partial charge in [0.2, 0.25) is 0 Å². The average Bonchev–Trinajstić information content (AvgIpc) is 2.97. The van der Waals surface area contributed by atoms with Crippen molar-refractivity contribution in [3.8, 4) is 11.5 Å². The molecular weight excluding hydrogens is 496 g/mol. The van der Waals surface area contributed by atoms with E-state index >= 15 is 0 Å². The molecule has 0 bridgehead atoms. The second-order valence-corrected chi connectivity index (χ2v) is 8.94. The molecule has 0 fully saturated rings. The number of carbonyl (C=O) groups is 1. The second-order valence-electron chi connectivity index (χ2n) is 8.51. The van der Waals surface area contributed by atoms with E-state index < -0.39 is 0 Å². The fourth-order valence-electron chi connectivity index (χ4n) is 4.22.